The van der Waals surface area contributed by atoms with Crippen LogP contribution in [0.2, 0.25) is 0 Å². The SMILES string of the molecule is Cc1c(C(=O)NC(CC(C)C)C(=O)NC2CC(C)CN(S(=O)(=O)c3ccccn3)CC2=O)oc2ccccc12. The number of rotatable bonds is 8. The number of sulfonamides is 1. The molecule has 1 aliphatic heterocycles. The quantitative estimate of drug-likeness (QED) is 0.436. The number of nitrogens with one attached hydrogen (secondary N) is 2. The Morgan fingerprint density at radius 2 is 1.87 bits per heavy atom. The zero-order valence-corrected chi connectivity index (χ0v) is 23.3. The van der Waals surface area contributed by atoms with E-state index in [1.807, 2.05) is 39.0 Å². The normalized spacial score (nSPS) is 19.6. The number of carbonyl (C=O) groups is 3. The van der Waals surface area contributed by atoms with Crippen LogP contribution in [-0.2, 0) is 19.6 Å². The van der Waals surface area contributed by atoms with Crippen molar-refractivity contribution in [1.29, 1.82) is 0 Å². The van der Waals surface area contributed by atoms with Crippen LogP contribution >= 0.6 is 0 Å². The fourth-order valence-electron chi connectivity index (χ4n) is 4.85. The molecule has 3 unspecified atom stereocenters. The summed E-state index contributed by atoms with van der Waals surface area (Å²) < 4.78 is 33.1. The molecule has 0 aliphatic carbocycles. The number of hydrogen-bond donors (Lipinski definition) is 2. The van der Waals surface area contributed by atoms with Crippen LogP contribution in [0.3, 0.4) is 0 Å². The first kappa shape index (κ1) is 28.4. The van der Waals surface area contributed by atoms with Gasteiger partial charge in [-0.1, -0.05) is 45.0 Å². The number of amides is 2. The monoisotopic (exact) mass is 554 g/mol. The molecule has 0 saturated carbocycles. The molecule has 3 heterocycles. The average molecular weight is 555 g/mol. The van der Waals surface area contributed by atoms with Crippen LogP contribution in [0.15, 0.2) is 58.1 Å². The maximum atomic E-state index is 13.4. The number of aromatic nitrogens is 1. The lowest BCUT2D eigenvalue weighted by Crippen LogP contribution is -2.52. The molecule has 1 aliphatic rings. The summed E-state index contributed by atoms with van der Waals surface area (Å²) in [7, 11) is -3.98. The van der Waals surface area contributed by atoms with E-state index in [1.165, 1.54) is 12.3 Å². The van der Waals surface area contributed by atoms with Crippen LogP contribution in [0.4, 0.5) is 0 Å². The highest BCUT2D eigenvalue weighted by Gasteiger charge is 2.37. The van der Waals surface area contributed by atoms with Crippen LogP contribution in [-0.4, -0.2) is 60.5 Å². The Labute approximate surface area is 228 Å². The Bertz CT molecular complexity index is 1470. The van der Waals surface area contributed by atoms with Gasteiger partial charge in [-0.2, -0.15) is 4.31 Å². The fraction of sp³-hybridized carbons (Fsp3) is 0.429. The molecular formula is C28H34N4O6S. The minimum atomic E-state index is -3.98. The molecule has 208 valence electrons. The minimum Gasteiger partial charge on any atom is -0.451 e. The molecule has 0 spiro atoms. The third-order valence-corrected chi connectivity index (χ3v) is 8.54. The number of furan rings is 1. The number of para-hydroxylation sites is 1. The van der Waals surface area contributed by atoms with Crippen LogP contribution in [0.5, 0.6) is 0 Å². The van der Waals surface area contributed by atoms with Crippen molar-refractivity contribution in [1.82, 2.24) is 19.9 Å². The summed E-state index contributed by atoms with van der Waals surface area (Å²) in [6.07, 6.45) is 1.99. The molecule has 1 fully saturated rings. The molecule has 10 nitrogen and oxygen atoms in total. The molecule has 4 rings (SSSR count). The Kier molecular flexibility index (Phi) is 8.51. The van der Waals surface area contributed by atoms with Gasteiger partial charge in [0.25, 0.3) is 15.9 Å². The fourth-order valence-corrected chi connectivity index (χ4v) is 6.31. The van der Waals surface area contributed by atoms with E-state index < -0.39 is 39.7 Å². The maximum absolute atomic E-state index is 13.4. The summed E-state index contributed by atoms with van der Waals surface area (Å²) in [4.78, 5) is 43.6. The number of fused-ring (bicyclic) bond motifs is 1. The molecule has 3 aromatic rings. The van der Waals surface area contributed by atoms with Crippen molar-refractivity contribution < 1.29 is 27.2 Å². The minimum absolute atomic E-state index is 0.0700. The Hall–Kier alpha value is -3.57. The summed E-state index contributed by atoms with van der Waals surface area (Å²) in [5.41, 5.74) is 1.25. The second-order valence-corrected chi connectivity index (χ2v) is 12.4. The van der Waals surface area contributed by atoms with Gasteiger partial charge in [-0.25, -0.2) is 13.4 Å². The summed E-state index contributed by atoms with van der Waals surface area (Å²) >= 11 is 0. The number of aryl methyl sites for hydroxylation is 1. The molecule has 39 heavy (non-hydrogen) atoms. The van der Waals surface area contributed by atoms with Gasteiger partial charge in [-0.05, 0) is 49.8 Å². The van der Waals surface area contributed by atoms with Gasteiger partial charge in [0.05, 0.1) is 12.6 Å². The van der Waals surface area contributed by atoms with E-state index in [4.69, 9.17) is 4.42 Å². The molecule has 2 N–H and O–H groups in total. The second-order valence-electron chi connectivity index (χ2n) is 10.5. The number of pyridine rings is 1. The number of benzene rings is 1. The summed E-state index contributed by atoms with van der Waals surface area (Å²) in [5, 5.41) is 6.25. The lowest BCUT2D eigenvalue weighted by atomic mass is 9.98. The van der Waals surface area contributed by atoms with Crippen LogP contribution in [0, 0.1) is 18.8 Å². The van der Waals surface area contributed by atoms with Crippen LogP contribution < -0.4 is 10.6 Å². The first-order valence-electron chi connectivity index (χ1n) is 13.0. The largest absolute Gasteiger partial charge is 0.451 e. The van der Waals surface area contributed by atoms with Gasteiger partial charge in [0.2, 0.25) is 5.91 Å². The van der Waals surface area contributed by atoms with E-state index in [0.29, 0.717) is 17.6 Å². The first-order valence-corrected chi connectivity index (χ1v) is 14.4. The predicted octanol–water partition coefficient (Wildman–Crippen LogP) is 3.07. The van der Waals surface area contributed by atoms with Gasteiger partial charge in [0.1, 0.15) is 11.6 Å². The van der Waals surface area contributed by atoms with Gasteiger partial charge in [0.15, 0.2) is 16.6 Å². The summed E-state index contributed by atoms with van der Waals surface area (Å²) in [6, 6.07) is 10.1. The number of Topliss-reactive ketones (excluding diaryl/α,β-unsaturated/α-hetero) is 1. The van der Waals surface area contributed by atoms with Crippen molar-refractivity contribution in [3.8, 4) is 0 Å². The smallest absolute Gasteiger partial charge is 0.287 e. The van der Waals surface area contributed by atoms with E-state index in [9.17, 15) is 22.8 Å². The lowest BCUT2D eigenvalue weighted by Gasteiger charge is -2.23. The summed E-state index contributed by atoms with van der Waals surface area (Å²) in [6.45, 7) is 7.21. The van der Waals surface area contributed by atoms with Gasteiger partial charge in [0, 0.05) is 23.7 Å². The van der Waals surface area contributed by atoms with Crippen LogP contribution in [0.25, 0.3) is 11.0 Å². The zero-order chi connectivity index (χ0) is 28.3. The molecule has 11 heteroatoms. The Morgan fingerprint density at radius 1 is 1.15 bits per heavy atom. The third kappa shape index (κ3) is 6.36. The number of nitrogens with zero attached hydrogens (tertiary/aromatic N) is 2. The summed E-state index contributed by atoms with van der Waals surface area (Å²) in [5.74, 6) is -1.45. The van der Waals surface area contributed by atoms with Crippen LogP contribution in [0.1, 0.15) is 49.7 Å². The standard InChI is InChI=1S/C28H34N4O6S/c1-17(2)13-22(31-28(35)26-19(4)20-9-5-6-10-24(20)38-26)27(34)30-21-14-18(3)15-32(16-23(21)33)39(36,37)25-11-7-8-12-29-25/h5-12,17-18,21-22H,13-16H2,1-4H3,(H,30,34)(H,31,35). The van der Waals surface area contributed by atoms with Crippen molar-refractivity contribution in [2.45, 2.75) is 57.6 Å². The molecule has 2 aromatic heterocycles. The van der Waals surface area contributed by atoms with Gasteiger partial charge in [-0.15, -0.1) is 0 Å². The second kappa shape index (κ2) is 11.7. The van der Waals surface area contributed by atoms with Gasteiger partial charge in [-0.3, -0.25) is 14.4 Å². The highest BCUT2D eigenvalue weighted by Crippen LogP contribution is 2.25. The predicted molar refractivity (Wildman–Crippen MR) is 145 cm³/mol. The third-order valence-electron chi connectivity index (χ3n) is 6.81. The van der Waals surface area contributed by atoms with Crippen molar-refractivity contribution in [2.24, 2.45) is 11.8 Å². The molecule has 3 atom stereocenters. The topological polar surface area (TPSA) is 139 Å². The van der Waals surface area contributed by atoms with Gasteiger partial charge < -0.3 is 15.1 Å². The van der Waals surface area contributed by atoms with E-state index >= 15 is 0 Å². The van der Waals surface area contributed by atoms with E-state index in [1.54, 1.807) is 25.1 Å². The number of carbonyl (C=O) groups excluding carboxylic acids is 3. The molecule has 0 bridgehead atoms. The van der Waals surface area contributed by atoms with Crippen molar-refractivity contribution in [3.05, 3.63) is 60.0 Å². The molecule has 2 amide bonds. The first-order chi connectivity index (χ1) is 18.5. The number of ketones is 1. The molecule has 1 aromatic carbocycles. The van der Waals surface area contributed by atoms with E-state index in [2.05, 4.69) is 15.6 Å². The van der Waals surface area contributed by atoms with E-state index in [-0.39, 0.29) is 42.1 Å². The maximum Gasteiger partial charge on any atom is 0.287 e. The van der Waals surface area contributed by atoms with E-state index in [0.717, 1.165) is 9.69 Å². The highest BCUT2D eigenvalue weighted by molar-refractivity contribution is 7.89. The number of hydrogen-bond acceptors (Lipinski definition) is 7. The highest BCUT2D eigenvalue weighted by atomic mass is 32.2. The Morgan fingerprint density at radius 3 is 2.54 bits per heavy atom. The molecule has 1 saturated heterocycles. The Balaban J connectivity index is 1.49. The van der Waals surface area contributed by atoms with Crippen molar-refractivity contribution in [3.63, 3.8) is 0 Å². The lowest BCUT2D eigenvalue weighted by molar-refractivity contribution is -0.129. The zero-order valence-electron chi connectivity index (χ0n) is 22.5. The average Bonchev–Trinajstić information content (AvgIpc) is 3.16. The van der Waals surface area contributed by atoms with Crippen molar-refractivity contribution >= 4 is 38.6 Å². The molecule has 0 radical (unpaired) electrons. The molecular weight excluding hydrogens is 520 g/mol. The van der Waals surface area contributed by atoms with Crippen molar-refractivity contribution in [2.75, 3.05) is 13.1 Å². The van der Waals surface area contributed by atoms with Gasteiger partial charge >= 0.3 is 0 Å².